The number of hydrogen-bond acceptors (Lipinski definition) is 3. The molecule has 20 heavy (non-hydrogen) atoms. The fourth-order valence-electron chi connectivity index (χ4n) is 1.65. The van der Waals surface area contributed by atoms with E-state index >= 15 is 0 Å². The summed E-state index contributed by atoms with van der Waals surface area (Å²) in [4.78, 5) is 26.6. The predicted octanol–water partition coefficient (Wildman–Crippen LogP) is 2.48. The number of carboxylic acids is 1. The summed E-state index contributed by atoms with van der Waals surface area (Å²) in [6.45, 7) is 1.71. The van der Waals surface area contributed by atoms with Crippen LogP contribution in [0.3, 0.4) is 0 Å². The van der Waals surface area contributed by atoms with Crippen molar-refractivity contribution in [2.75, 3.05) is 5.32 Å². The Labute approximate surface area is 114 Å². The van der Waals surface area contributed by atoms with Crippen LogP contribution in [-0.4, -0.2) is 22.0 Å². The number of halogens is 1. The van der Waals surface area contributed by atoms with E-state index in [0.29, 0.717) is 5.56 Å². The van der Waals surface area contributed by atoms with E-state index in [1.54, 1.807) is 19.1 Å². The first-order valence-corrected chi connectivity index (χ1v) is 5.75. The van der Waals surface area contributed by atoms with Gasteiger partial charge < -0.3 is 10.4 Å². The van der Waals surface area contributed by atoms with Crippen LogP contribution in [0.15, 0.2) is 36.5 Å². The standard InChI is InChI=1S/C14H11FN2O3/c1-8-3-2-6-16-12(8)13(18)17-11-5-4-9(14(19)20)7-10(11)15/h2-7H,1H3,(H,17,18)(H,19,20). The lowest BCUT2D eigenvalue weighted by Gasteiger charge is -2.08. The molecule has 2 aromatic rings. The SMILES string of the molecule is Cc1cccnc1C(=O)Nc1ccc(C(=O)O)cc1F. The van der Waals surface area contributed by atoms with Gasteiger partial charge in [-0.15, -0.1) is 0 Å². The number of nitrogens with zero attached hydrogens (tertiary/aromatic N) is 1. The number of aryl methyl sites for hydroxylation is 1. The van der Waals surface area contributed by atoms with Gasteiger partial charge in [0, 0.05) is 6.20 Å². The van der Waals surface area contributed by atoms with Crippen molar-refractivity contribution in [3.8, 4) is 0 Å². The highest BCUT2D eigenvalue weighted by molar-refractivity contribution is 6.04. The summed E-state index contributed by atoms with van der Waals surface area (Å²) in [5, 5.41) is 11.1. The second-order valence-corrected chi connectivity index (χ2v) is 4.12. The van der Waals surface area contributed by atoms with Crippen LogP contribution < -0.4 is 5.32 Å². The van der Waals surface area contributed by atoms with Crippen LogP contribution in [0.4, 0.5) is 10.1 Å². The maximum atomic E-state index is 13.7. The number of aromatic carboxylic acids is 1. The maximum Gasteiger partial charge on any atom is 0.335 e. The van der Waals surface area contributed by atoms with Crippen LogP contribution in [0.25, 0.3) is 0 Å². The van der Waals surface area contributed by atoms with Gasteiger partial charge in [0.15, 0.2) is 0 Å². The summed E-state index contributed by atoms with van der Waals surface area (Å²) in [5.41, 5.74) is 0.571. The van der Waals surface area contributed by atoms with Crippen LogP contribution in [0.2, 0.25) is 0 Å². The Bertz CT molecular complexity index is 686. The zero-order valence-corrected chi connectivity index (χ0v) is 10.6. The molecule has 5 nitrogen and oxygen atoms in total. The molecule has 0 radical (unpaired) electrons. The molecule has 2 N–H and O–H groups in total. The molecule has 0 unspecified atom stereocenters. The van der Waals surface area contributed by atoms with E-state index in [1.807, 2.05) is 0 Å². The van der Waals surface area contributed by atoms with Crippen molar-refractivity contribution in [3.05, 3.63) is 59.2 Å². The molecule has 102 valence electrons. The highest BCUT2D eigenvalue weighted by atomic mass is 19.1. The fraction of sp³-hybridized carbons (Fsp3) is 0.0714. The molecule has 1 aromatic heterocycles. The largest absolute Gasteiger partial charge is 0.478 e. The Balaban J connectivity index is 2.25. The lowest BCUT2D eigenvalue weighted by molar-refractivity contribution is 0.0696. The number of carbonyl (C=O) groups excluding carboxylic acids is 1. The van der Waals surface area contributed by atoms with Crippen molar-refractivity contribution >= 4 is 17.6 Å². The molecule has 0 atom stereocenters. The number of carbonyl (C=O) groups is 2. The molecule has 0 bridgehead atoms. The van der Waals surface area contributed by atoms with Crippen molar-refractivity contribution < 1.29 is 19.1 Å². The highest BCUT2D eigenvalue weighted by Gasteiger charge is 2.14. The molecule has 0 spiro atoms. The number of rotatable bonds is 3. The third-order valence-electron chi connectivity index (χ3n) is 2.69. The number of carboxylic acid groups (broad SMARTS) is 1. The first-order chi connectivity index (χ1) is 9.49. The normalized spacial score (nSPS) is 10.1. The van der Waals surface area contributed by atoms with Crippen molar-refractivity contribution in [2.24, 2.45) is 0 Å². The van der Waals surface area contributed by atoms with Gasteiger partial charge in [-0.2, -0.15) is 0 Å². The molecule has 2 rings (SSSR count). The van der Waals surface area contributed by atoms with Gasteiger partial charge >= 0.3 is 5.97 Å². The zero-order chi connectivity index (χ0) is 14.7. The van der Waals surface area contributed by atoms with E-state index in [1.165, 1.54) is 18.3 Å². The van der Waals surface area contributed by atoms with E-state index in [9.17, 15) is 14.0 Å². The second kappa shape index (κ2) is 5.48. The van der Waals surface area contributed by atoms with Gasteiger partial charge in [-0.3, -0.25) is 9.78 Å². The number of nitrogens with one attached hydrogen (secondary N) is 1. The molecule has 0 aliphatic rings. The molecular weight excluding hydrogens is 263 g/mol. The monoisotopic (exact) mass is 274 g/mol. The van der Waals surface area contributed by atoms with Crippen LogP contribution in [0.1, 0.15) is 26.4 Å². The number of benzene rings is 1. The predicted molar refractivity (Wildman–Crippen MR) is 70.3 cm³/mol. The minimum absolute atomic E-state index is 0.0925. The average molecular weight is 274 g/mol. The summed E-state index contributed by atoms with van der Waals surface area (Å²) in [7, 11) is 0. The van der Waals surface area contributed by atoms with Gasteiger partial charge in [-0.25, -0.2) is 9.18 Å². The minimum Gasteiger partial charge on any atom is -0.478 e. The Morgan fingerprint density at radius 2 is 2.05 bits per heavy atom. The molecule has 0 saturated heterocycles. The number of anilines is 1. The third kappa shape index (κ3) is 2.80. The smallest absolute Gasteiger partial charge is 0.335 e. The van der Waals surface area contributed by atoms with Crippen molar-refractivity contribution in [1.82, 2.24) is 4.98 Å². The maximum absolute atomic E-state index is 13.7. The molecule has 0 saturated carbocycles. The molecular formula is C14H11FN2O3. The van der Waals surface area contributed by atoms with Crippen molar-refractivity contribution in [3.63, 3.8) is 0 Å². The zero-order valence-electron chi connectivity index (χ0n) is 10.6. The topological polar surface area (TPSA) is 79.3 Å². The van der Waals surface area contributed by atoms with E-state index in [4.69, 9.17) is 5.11 Å². The Kier molecular flexibility index (Phi) is 3.74. The van der Waals surface area contributed by atoms with Crippen LogP contribution >= 0.6 is 0 Å². The molecule has 1 aromatic carbocycles. The Morgan fingerprint density at radius 3 is 2.65 bits per heavy atom. The first-order valence-electron chi connectivity index (χ1n) is 5.75. The van der Waals surface area contributed by atoms with Gasteiger partial charge in [0.1, 0.15) is 11.5 Å². The van der Waals surface area contributed by atoms with Gasteiger partial charge in [-0.05, 0) is 36.8 Å². The molecule has 1 amide bonds. The lowest BCUT2D eigenvalue weighted by Crippen LogP contribution is -2.16. The van der Waals surface area contributed by atoms with Crippen LogP contribution in [0.5, 0.6) is 0 Å². The molecule has 0 fully saturated rings. The molecule has 6 heteroatoms. The quantitative estimate of drug-likeness (QED) is 0.901. The fourth-order valence-corrected chi connectivity index (χ4v) is 1.65. The van der Waals surface area contributed by atoms with Gasteiger partial charge in [-0.1, -0.05) is 6.07 Å². The van der Waals surface area contributed by atoms with E-state index < -0.39 is 17.7 Å². The Morgan fingerprint density at radius 1 is 1.30 bits per heavy atom. The minimum atomic E-state index is -1.23. The van der Waals surface area contributed by atoms with Crippen molar-refractivity contribution in [2.45, 2.75) is 6.92 Å². The van der Waals surface area contributed by atoms with Gasteiger partial charge in [0.2, 0.25) is 0 Å². The number of aromatic nitrogens is 1. The summed E-state index contributed by atoms with van der Waals surface area (Å²) < 4.78 is 13.7. The van der Waals surface area contributed by atoms with E-state index in [2.05, 4.69) is 10.3 Å². The summed E-state index contributed by atoms with van der Waals surface area (Å²) in [6.07, 6.45) is 1.46. The van der Waals surface area contributed by atoms with E-state index in [-0.39, 0.29) is 16.9 Å². The number of hydrogen-bond donors (Lipinski definition) is 2. The molecule has 1 heterocycles. The molecule has 0 aliphatic heterocycles. The van der Waals surface area contributed by atoms with Crippen LogP contribution in [-0.2, 0) is 0 Å². The highest BCUT2D eigenvalue weighted by Crippen LogP contribution is 2.17. The average Bonchev–Trinajstić information content (AvgIpc) is 2.41. The van der Waals surface area contributed by atoms with Crippen molar-refractivity contribution in [1.29, 1.82) is 0 Å². The number of pyridine rings is 1. The third-order valence-corrected chi connectivity index (χ3v) is 2.69. The first kappa shape index (κ1) is 13.7. The summed E-state index contributed by atoms with van der Waals surface area (Å²) >= 11 is 0. The Hall–Kier alpha value is -2.76. The lowest BCUT2D eigenvalue weighted by atomic mass is 10.1. The van der Waals surface area contributed by atoms with Crippen LogP contribution in [0, 0.1) is 12.7 Å². The van der Waals surface area contributed by atoms with E-state index in [0.717, 1.165) is 6.07 Å². The molecule has 0 aliphatic carbocycles. The number of amides is 1. The summed E-state index contributed by atoms with van der Waals surface area (Å²) in [6, 6.07) is 6.67. The second-order valence-electron chi connectivity index (χ2n) is 4.12. The summed E-state index contributed by atoms with van der Waals surface area (Å²) in [5.74, 6) is -2.60. The van der Waals surface area contributed by atoms with Gasteiger partial charge in [0.05, 0.1) is 11.3 Å². The van der Waals surface area contributed by atoms with Gasteiger partial charge in [0.25, 0.3) is 5.91 Å².